The van der Waals surface area contributed by atoms with Crippen molar-refractivity contribution in [3.8, 4) is 11.5 Å². The summed E-state index contributed by atoms with van der Waals surface area (Å²) in [6.45, 7) is 12.0. The zero-order valence-corrected chi connectivity index (χ0v) is 29.4. The minimum absolute atomic E-state index is 0.114. The number of nitrogens with zero attached hydrogens (tertiary/aromatic N) is 5. The van der Waals surface area contributed by atoms with Crippen molar-refractivity contribution < 1.29 is 19.0 Å². The summed E-state index contributed by atoms with van der Waals surface area (Å²) in [6, 6.07) is 25.3. The summed E-state index contributed by atoms with van der Waals surface area (Å²) in [6.07, 6.45) is 0.745. The van der Waals surface area contributed by atoms with Crippen molar-refractivity contribution in [1.82, 2.24) is 4.90 Å². The average Bonchev–Trinajstić information content (AvgIpc) is 3.12. The standard InChI is InChI=1S/C40H47N5O4/c1-28-7-6-8-29(2)39(28)44-27-32-10-9-30(24-37(32)45(40(44)46)36-12-11-35(47-4)26-38(36)48-5)21-31-22-33(42-15-13-41(3)14-16-42)25-34(23-31)43-17-19-49-20-18-43/h6-12,22-26H,13-21,27H2,1-5H3. The zero-order valence-electron chi connectivity index (χ0n) is 29.4. The number of methoxy groups -OCH3 is 2. The van der Waals surface area contributed by atoms with Crippen LogP contribution in [-0.4, -0.2) is 84.7 Å². The Labute approximate surface area is 290 Å². The van der Waals surface area contributed by atoms with Crippen LogP contribution in [0.3, 0.4) is 0 Å². The summed E-state index contributed by atoms with van der Waals surface area (Å²) in [5.74, 6) is 1.24. The monoisotopic (exact) mass is 661 g/mol. The molecule has 0 saturated carbocycles. The first-order chi connectivity index (χ1) is 23.8. The van der Waals surface area contributed by atoms with Crippen molar-refractivity contribution in [3.63, 3.8) is 0 Å². The second kappa shape index (κ2) is 14.0. The Hall–Kier alpha value is -4.73. The van der Waals surface area contributed by atoms with Crippen molar-refractivity contribution in [2.45, 2.75) is 26.8 Å². The van der Waals surface area contributed by atoms with E-state index in [1.807, 2.05) is 34.1 Å². The molecule has 0 radical (unpaired) electrons. The largest absolute Gasteiger partial charge is 0.497 e. The van der Waals surface area contributed by atoms with Gasteiger partial charge in [0.15, 0.2) is 0 Å². The van der Waals surface area contributed by atoms with Crippen molar-refractivity contribution in [2.75, 3.05) is 93.3 Å². The summed E-state index contributed by atoms with van der Waals surface area (Å²) in [4.78, 5) is 25.7. The molecule has 0 atom stereocenters. The third-order valence-corrected chi connectivity index (χ3v) is 10.1. The molecule has 3 aliphatic heterocycles. The maximum absolute atomic E-state index is 14.7. The van der Waals surface area contributed by atoms with E-state index < -0.39 is 0 Å². The molecule has 7 rings (SSSR count). The lowest BCUT2D eigenvalue weighted by atomic mass is 9.97. The van der Waals surface area contributed by atoms with Gasteiger partial charge in [-0.2, -0.15) is 0 Å². The first kappa shape index (κ1) is 32.8. The lowest BCUT2D eigenvalue weighted by Crippen LogP contribution is -2.45. The number of carbonyl (C=O) groups excluding carboxylic acids is 1. The van der Waals surface area contributed by atoms with Crippen LogP contribution in [0.2, 0.25) is 0 Å². The second-order valence-electron chi connectivity index (χ2n) is 13.4. The fourth-order valence-corrected chi connectivity index (χ4v) is 7.38. The molecule has 2 amide bonds. The lowest BCUT2D eigenvalue weighted by Gasteiger charge is -2.39. The number of amides is 2. The number of para-hydroxylation sites is 1. The highest BCUT2D eigenvalue weighted by Crippen LogP contribution is 2.44. The van der Waals surface area contributed by atoms with Crippen LogP contribution in [0.4, 0.5) is 33.2 Å². The fraction of sp³-hybridized carbons (Fsp3) is 0.375. The number of urea groups is 1. The molecule has 0 N–H and O–H groups in total. The van der Waals surface area contributed by atoms with Gasteiger partial charge in [0.05, 0.1) is 51.0 Å². The van der Waals surface area contributed by atoms with Gasteiger partial charge in [-0.15, -0.1) is 0 Å². The minimum Gasteiger partial charge on any atom is -0.497 e. The number of ether oxygens (including phenoxy) is 3. The average molecular weight is 662 g/mol. The second-order valence-corrected chi connectivity index (χ2v) is 13.4. The number of hydrogen-bond donors (Lipinski definition) is 0. The lowest BCUT2D eigenvalue weighted by molar-refractivity contribution is 0.122. The molecule has 0 spiro atoms. The molecule has 0 aromatic heterocycles. The van der Waals surface area contributed by atoms with Gasteiger partial charge in [0.1, 0.15) is 11.5 Å². The number of fused-ring (bicyclic) bond motifs is 1. The maximum Gasteiger partial charge on any atom is 0.334 e. The van der Waals surface area contributed by atoms with Crippen LogP contribution in [-0.2, 0) is 17.7 Å². The molecular formula is C40H47N5O4. The predicted octanol–water partition coefficient (Wildman–Crippen LogP) is 6.78. The maximum atomic E-state index is 14.7. The van der Waals surface area contributed by atoms with Crippen LogP contribution >= 0.6 is 0 Å². The Kier molecular flexibility index (Phi) is 9.38. The number of aryl methyl sites for hydroxylation is 2. The molecule has 9 nitrogen and oxygen atoms in total. The van der Waals surface area contributed by atoms with E-state index in [2.05, 4.69) is 84.1 Å². The van der Waals surface area contributed by atoms with Crippen LogP contribution in [0.25, 0.3) is 0 Å². The van der Waals surface area contributed by atoms with Crippen molar-refractivity contribution in [3.05, 3.63) is 101 Å². The van der Waals surface area contributed by atoms with Gasteiger partial charge in [0, 0.05) is 56.7 Å². The van der Waals surface area contributed by atoms with Gasteiger partial charge in [-0.3, -0.25) is 9.80 Å². The Morgan fingerprint density at radius 3 is 2.08 bits per heavy atom. The van der Waals surface area contributed by atoms with E-state index in [-0.39, 0.29) is 6.03 Å². The first-order valence-corrected chi connectivity index (χ1v) is 17.2. The third-order valence-electron chi connectivity index (χ3n) is 10.1. The highest BCUT2D eigenvalue weighted by atomic mass is 16.5. The molecule has 3 aliphatic rings. The summed E-state index contributed by atoms with van der Waals surface area (Å²) < 4.78 is 17.0. The summed E-state index contributed by atoms with van der Waals surface area (Å²) in [5, 5.41) is 0. The van der Waals surface area contributed by atoms with E-state index >= 15 is 0 Å². The molecular weight excluding hydrogens is 614 g/mol. The summed E-state index contributed by atoms with van der Waals surface area (Å²) in [5.41, 5.74) is 10.6. The molecule has 2 fully saturated rings. The fourth-order valence-electron chi connectivity index (χ4n) is 7.38. The number of likely N-dealkylation sites (N-methyl/N-ethyl adjacent to an activating group) is 1. The third kappa shape index (κ3) is 6.65. The topological polar surface area (TPSA) is 61.0 Å². The van der Waals surface area contributed by atoms with E-state index in [1.54, 1.807) is 14.2 Å². The van der Waals surface area contributed by atoms with E-state index in [1.165, 1.54) is 16.9 Å². The number of morpholine rings is 1. The smallest absolute Gasteiger partial charge is 0.334 e. The van der Waals surface area contributed by atoms with E-state index in [0.717, 1.165) is 92.5 Å². The quantitative estimate of drug-likeness (QED) is 0.206. The SMILES string of the molecule is COc1ccc(N2C(=O)N(c3c(C)cccc3C)Cc3ccc(Cc4cc(N5CCOCC5)cc(N5CCN(C)CC5)c4)cc32)c(OC)c1. The number of rotatable bonds is 8. The van der Waals surface area contributed by atoms with Gasteiger partial charge < -0.3 is 28.9 Å². The highest BCUT2D eigenvalue weighted by Gasteiger charge is 2.35. The molecule has 2 saturated heterocycles. The number of carbonyl (C=O) groups is 1. The van der Waals surface area contributed by atoms with E-state index in [4.69, 9.17) is 14.2 Å². The number of hydrogen-bond acceptors (Lipinski definition) is 7. The molecule has 4 aromatic carbocycles. The summed E-state index contributed by atoms with van der Waals surface area (Å²) in [7, 11) is 5.46. The van der Waals surface area contributed by atoms with Gasteiger partial charge in [-0.05, 0) is 91.5 Å². The molecule has 0 unspecified atom stereocenters. The van der Waals surface area contributed by atoms with Crippen molar-refractivity contribution in [1.29, 1.82) is 0 Å². The van der Waals surface area contributed by atoms with E-state index in [0.29, 0.717) is 23.7 Å². The van der Waals surface area contributed by atoms with Crippen molar-refractivity contribution >= 4 is 34.5 Å². The number of benzene rings is 4. The van der Waals surface area contributed by atoms with Gasteiger partial charge in [-0.1, -0.05) is 30.3 Å². The van der Waals surface area contributed by atoms with Gasteiger partial charge >= 0.3 is 6.03 Å². The molecule has 4 aromatic rings. The Morgan fingerprint density at radius 2 is 1.41 bits per heavy atom. The van der Waals surface area contributed by atoms with E-state index in [9.17, 15) is 4.79 Å². The normalized spacial score (nSPS) is 17.0. The molecule has 9 heteroatoms. The molecule has 3 heterocycles. The zero-order chi connectivity index (χ0) is 34.1. The molecule has 49 heavy (non-hydrogen) atoms. The first-order valence-electron chi connectivity index (χ1n) is 17.2. The van der Waals surface area contributed by atoms with Crippen LogP contribution < -0.4 is 29.1 Å². The number of anilines is 5. The Bertz CT molecular complexity index is 1810. The van der Waals surface area contributed by atoms with Crippen LogP contribution in [0.5, 0.6) is 11.5 Å². The van der Waals surface area contributed by atoms with Crippen LogP contribution in [0, 0.1) is 13.8 Å². The highest BCUT2D eigenvalue weighted by molar-refractivity contribution is 6.12. The predicted molar refractivity (Wildman–Crippen MR) is 198 cm³/mol. The molecule has 0 bridgehead atoms. The van der Waals surface area contributed by atoms with Gasteiger partial charge in [0.2, 0.25) is 0 Å². The van der Waals surface area contributed by atoms with Gasteiger partial charge in [0.25, 0.3) is 0 Å². The van der Waals surface area contributed by atoms with Crippen LogP contribution in [0.15, 0.2) is 72.8 Å². The Balaban J connectivity index is 1.29. The summed E-state index contributed by atoms with van der Waals surface area (Å²) >= 11 is 0. The molecule has 256 valence electrons. The molecule has 0 aliphatic carbocycles. The minimum atomic E-state index is -0.114. The Morgan fingerprint density at radius 1 is 0.714 bits per heavy atom. The van der Waals surface area contributed by atoms with Crippen molar-refractivity contribution in [2.24, 2.45) is 0 Å². The van der Waals surface area contributed by atoms with Gasteiger partial charge in [-0.25, -0.2) is 4.79 Å². The van der Waals surface area contributed by atoms with Crippen LogP contribution in [0.1, 0.15) is 27.8 Å². The number of piperazine rings is 1.